The number of carbonyl (C=O) groups excluding carboxylic acids is 1. The maximum Gasteiger partial charge on any atom is 0.272 e. The molecule has 1 fully saturated rings. The van der Waals surface area contributed by atoms with E-state index in [1.54, 1.807) is 12.3 Å². The van der Waals surface area contributed by atoms with Gasteiger partial charge in [-0.1, -0.05) is 0 Å². The molecule has 0 spiro atoms. The van der Waals surface area contributed by atoms with E-state index in [1.165, 1.54) is 0 Å². The minimum atomic E-state index is 0. The van der Waals surface area contributed by atoms with Crippen LogP contribution < -0.4 is 5.32 Å². The molecule has 1 unspecified atom stereocenters. The van der Waals surface area contributed by atoms with Crippen molar-refractivity contribution in [3.63, 3.8) is 0 Å². The highest BCUT2D eigenvalue weighted by atomic mass is 79.9. The molecule has 0 saturated carbocycles. The number of pyridine rings is 1. The Kier molecular flexibility index (Phi) is 8.57. The molecule has 1 atom stereocenters. The summed E-state index contributed by atoms with van der Waals surface area (Å²) in [5.74, 6) is 0.0373. The highest BCUT2D eigenvalue weighted by molar-refractivity contribution is 9.10. The second-order valence-corrected chi connectivity index (χ2v) is 5.13. The van der Waals surface area contributed by atoms with Crippen molar-refractivity contribution >= 4 is 46.7 Å². The van der Waals surface area contributed by atoms with E-state index < -0.39 is 0 Å². The lowest BCUT2D eigenvalue weighted by Crippen LogP contribution is -2.41. The molecule has 1 aliphatic heterocycles. The third-order valence-electron chi connectivity index (χ3n) is 3.02. The molecule has 1 saturated heterocycles. The van der Waals surface area contributed by atoms with E-state index in [9.17, 15) is 4.79 Å². The number of nitrogens with one attached hydrogen (secondary N) is 1. The predicted molar refractivity (Wildman–Crippen MR) is 84.4 cm³/mol. The third kappa shape index (κ3) is 4.60. The van der Waals surface area contributed by atoms with Crippen LogP contribution in [0.4, 0.5) is 0 Å². The number of aromatic nitrogens is 1. The summed E-state index contributed by atoms with van der Waals surface area (Å²) in [6.07, 6.45) is 3.81. The Balaban J connectivity index is 0.00000162. The van der Waals surface area contributed by atoms with Gasteiger partial charge in [0.25, 0.3) is 5.91 Å². The van der Waals surface area contributed by atoms with Gasteiger partial charge in [-0.2, -0.15) is 0 Å². The number of likely N-dealkylation sites (N-methyl/N-ethyl adjacent to an activating group) is 1. The molecule has 4 nitrogen and oxygen atoms in total. The fourth-order valence-electron chi connectivity index (χ4n) is 2.20. The Hall–Kier alpha value is -0.360. The van der Waals surface area contributed by atoms with Gasteiger partial charge in [-0.05, 0) is 48.0 Å². The van der Waals surface area contributed by atoms with Crippen molar-refractivity contribution in [2.75, 3.05) is 20.1 Å². The van der Waals surface area contributed by atoms with Gasteiger partial charge >= 0.3 is 0 Å². The Morgan fingerprint density at radius 2 is 2.26 bits per heavy atom. The van der Waals surface area contributed by atoms with Gasteiger partial charge in [0, 0.05) is 29.8 Å². The summed E-state index contributed by atoms with van der Waals surface area (Å²) in [4.78, 5) is 18.3. The molecule has 0 aromatic carbocycles. The lowest BCUT2D eigenvalue weighted by Gasteiger charge is -2.24. The summed E-state index contributed by atoms with van der Waals surface area (Å²) < 4.78 is 0.891. The fourth-order valence-corrected chi connectivity index (χ4v) is 2.43. The van der Waals surface area contributed by atoms with Crippen molar-refractivity contribution in [1.29, 1.82) is 0 Å². The first-order chi connectivity index (χ1) is 8.22. The minimum Gasteiger partial charge on any atom is -0.333 e. The molecule has 1 aromatic heterocycles. The Morgan fingerprint density at radius 1 is 1.53 bits per heavy atom. The maximum atomic E-state index is 12.3. The average Bonchev–Trinajstić information content (AvgIpc) is 2.78. The number of halogens is 3. The SMILES string of the molecule is CNCC1CCCN1C(=O)c1ccc(Br)cn1.Cl.Cl. The number of amides is 1. The van der Waals surface area contributed by atoms with Crippen molar-refractivity contribution in [3.05, 3.63) is 28.5 Å². The van der Waals surface area contributed by atoms with E-state index in [1.807, 2.05) is 18.0 Å². The van der Waals surface area contributed by atoms with E-state index in [2.05, 4.69) is 26.2 Å². The van der Waals surface area contributed by atoms with Crippen LogP contribution in [0, 0.1) is 0 Å². The Morgan fingerprint density at radius 3 is 2.84 bits per heavy atom. The van der Waals surface area contributed by atoms with Gasteiger partial charge in [0.05, 0.1) is 0 Å². The Bertz CT molecular complexity index is 402. The van der Waals surface area contributed by atoms with Gasteiger partial charge in [0.2, 0.25) is 0 Å². The van der Waals surface area contributed by atoms with Crippen molar-refractivity contribution in [2.24, 2.45) is 0 Å². The van der Waals surface area contributed by atoms with Crippen molar-refractivity contribution < 1.29 is 4.79 Å². The molecule has 0 radical (unpaired) electrons. The summed E-state index contributed by atoms with van der Waals surface area (Å²) >= 11 is 3.32. The quantitative estimate of drug-likeness (QED) is 0.889. The molecule has 2 heterocycles. The van der Waals surface area contributed by atoms with Crippen LogP contribution in [0.2, 0.25) is 0 Å². The van der Waals surface area contributed by atoms with Crippen LogP contribution in [0.25, 0.3) is 0 Å². The minimum absolute atomic E-state index is 0. The van der Waals surface area contributed by atoms with E-state index in [0.29, 0.717) is 11.7 Å². The lowest BCUT2D eigenvalue weighted by atomic mass is 10.2. The number of hydrogen-bond donors (Lipinski definition) is 1. The normalized spacial score (nSPS) is 17.6. The second kappa shape index (κ2) is 8.74. The van der Waals surface area contributed by atoms with E-state index in [-0.39, 0.29) is 30.7 Å². The fraction of sp³-hybridized carbons (Fsp3) is 0.500. The number of hydrogen-bond acceptors (Lipinski definition) is 3. The first-order valence-electron chi connectivity index (χ1n) is 5.79. The van der Waals surface area contributed by atoms with Gasteiger partial charge in [-0.3, -0.25) is 4.79 Å². The Labute approximate surface area is 134 Å². The topological polar surface area (TPSA) is 45.2 Å². The lowest BCUT2D eigenvalue weighted by molar-refractivity contribution is 0.0731. The van der Waals surface area contributed by atoms with Gasteiger partial charge in [-0.25, -0.2) is 4.98 Å². The summed E-state index contributed by atoms with van der Waals surface area (Å²) in [5, 5.41) is 3.13. The third-order valence-corrected chi connectivity index (χ3v) is 3.49. The van der Waals surface area contributed by atoms with Crippen molar-refractivity contribution in [3.8, 4) is 0 Å². The van der Waals surface area contributed by atoms with Gasteiger partial charge < -0.3 is 10.2 Å². The molecule has 1 amide bonds. The van der Waals surface area contributed by atoms with Crippen molar-refractivity contribution in [1.82, 2.24) is 15.2 Å². The zero-order chi connectivity index (χ0) is 12.3. The van der Waals surface area contributed by atoms with Gasteiger partial charge in [0.1, 0.15) is 5.69 Å². The molecule has 108 valence electrons. The van der Waals surface area contributed by atoms with Crippen LogP contribution in [0.1, 0.15) is 23.3 Å². The molecule has 7 heteroatoms. The molecule has 2 rings (SSSR count). The largest absolute Gasteiger partial charge is 0.333 e. The van der Waals surface area contributed by atoms with Gasteiger partial charge in [-0.15, -0.1) is 24.8 Å². The summed E-state index contributed by atoms with van der Waals surface area (Å²) in [6, 6.07) is 3.92. The average molecular weight is 371 g/mol. The predicted octanol–water partition coefficient (Wildman–Crippen LogP) is 2.51. The van der Waals surface area contributed by atoms with Crippen LogP contribution in [0.5, 0.6) is 0 Å². The number of rotatable bonds is 3. The monoisotopic (exact) mass is 369 g/mol. The zero-order valence-corrected chi connectivity index (χ0v) is 13.9. The molecule has 1 aliphatic rings. The molecule has 0 aliphatic carbocycles. The number of carbonyl (C=O) groups is 1. The van der Waals surface area contributed by atoms with E-state index in [0.717, 1.165) is 30.4 Å². The van der Waals surface area contributed by atoms with Crippen molar-refractivity contribution in [2.45, 2.75) is 18.9 Å². The molecule has 1 aromatic rings. The van der Waals surface area contributed by atoms with E-state index in [4.69, 9.17) is 0 Å². The van der Waals surface area contributed by atoms with Crippen LogP contribution in [0.15, 0.2) is 22.8 Å². The van der Waals surface area contributed by atoms with Crippen LogP contribution in [-0.4, -0.2) is 42.0 Å². The first kappa shape index (κ1) is 18.6. The van der Waals surface area contributed by atoms with E-state index >= 15 is 0 Å². The summed E-state index contributed by atoms with van der Waals surface area (Å²) in [7, 11) is 1.92. The molecule has 19 heavy (non-hydrogen) atoms. The molecular formula is C12H18BrCl2N3O. The number of likely N-dealkylation sites (tertiary alicyclic amines) is 1. The van der Waals surface area contributed by atoms with Crippen LogP contribution in [0.3, 0.4) is 0 Å². The summed E-state index contributed by atoms with van der Waals surface area (Å²) in [5.41, 5.74) is 0.524. The number of nitrogens with zero attached hydrogens (tertiary/aromatic N) is 2. The van der Waals surface area contributed by atoms with Crippen LogP contribution >= 0.6 is 40.7 Å². The zero-order valence-electron chi connectivity index (χ0n) is 10.6. The molecular weight excluding hydrogens is 353 g/mol. The smallest absolute Gasteiger partial charge is 0.272 e. The molecule has 1 N–H and O–H groups in total. The maximum absolute atomic E-state index is 12.3. The standard InChI is InChI=1S/C12H16BrN3O.2ClH/c1-14-8-10-3-2-6-16(10)12(17)11-5-4-9(13)7-15-11;;/h4-5,7,10,14H,2-3,6,8H2,1H3;2*1H. The highest BCUT2D eigenvalue weighted by Gasteiger charge is 2.29. The first-order valence-corrected chi connectivity index (χ1v) is 6.59. The second-order valence-electron chi connectivity index (χ2n) is 4.21. The molecule has 0 bridgehead atoms. The summed E-state index contributed by atoms with van der Waals surface area (Å²) in [6.45, 7) is 1.69. The van der Waals surface area contributed by atoms with Gasteiger partial charge in [0.15, 0.2) is 0 Å². The van der Waals surface area contributed by atoms with Crippen LogP contribution in [-0.2, 0) is 0 Å². The highest BCUT2D eigenvalue weighted by Crippen LogP contribution is 2.19.